The van der Waals surface area contributed by atoms with E-state index in [2.05, 4.69) is 28.1 Å². The van der Waals surface area contributed by atoms with Crippen LogP contribution in [-0.2, 0) is 6.42 Å². The molecule has 3 heteroatoms. The Morgan fingerprint density at radius 2 is 2.20 bits per heavy atom. The number of nitriles is 1. The van der Waals surface area contributed by atoms with Gasteiger partial charge >= 0.3 is 0 Å². The number of aromatic amines is 1. The maximum absolute atomic E-state index is 8.70. The van der Waals surface area contributed by atoms with E-state index in [1.807, 2.05) is 26.4 Å². The zero-order valence-electron chi connectivity index (χ0n) is 8.91. The Balaban J connectivity index is 2.57. The van der Waals surface area contributed by atoms with Crippen LogP contribution in [0.5, 0.6) is 0 Å². The smallest absolute Gasteiger partial charge is 0.0670 e. The lowest BCUT2D eigenvalue weighted by atomic mass is 10.1. The van der Waals surface area contributed by atoms with Crippen molar-refractivity contribution in [2.45, 2.75) is 6.42 Å². The van der Waals surface area contributed by atoms with Crippen molar-refractivity contribution in [1.29, 1.82) is 5.26 Å². The molecule has 3 nitrogen and oxygen atoms in total. The van der Waals surface area contributed by atoms with Crippen molar-refractivity contribution < 1.29 is 0 Å². The summed E-state index contributed by atoms with van der Waals surface area (Å²) >= 11 is 0. The molecule has 15 heavy (non-hydrogen) atoms. The van der Waals surface area contributed by atoms with E-state index in [1.54, 1.807) is 0 Å². The van der Waals surface area contributed by atoms with Crippen LogP contribution in [0.25, 0.3) is 10.9 Å². The Morgan fingerprint density at radius 1 is 1.40 bits per heavy atom. The third kappa shape index (κ3) is 1.66. The van der Waals surface area contributed by atoms with Crippen LogP contribution >= 0.6 is 0 Å². The first-order chi connectivity index (χ1) is 7.22. The fourth-order valence-corrected chi connectivity index (χ4v) is 1.68. The first-order valence-electron chi connectivity index (χ1n) is 4.86. The molecule has 0 saturated heterocycles. The summed E-state index contributed by atoms with van der Waals surface area (Å²) < 4.78 is 0. The summed E-state index contributed by atoms with van der Waals surface area (Å²) in [6, 6.07) is 8.40. The number of aromatic nitrogens is 1. The van der Waals surface area contributed by atoms with Gasteiger partial charge in [0.2, 0.25) is 0 Å². The normalized spacial score (nSPS) is 10.2. The minimum atomic E-state index is 0.455. The maximum Gasteiger partial charge on any atom is 0.0670 e. The van der Waals surface area contributed by atoms with Gasteiger partial charge in [-0.2, -0.15) is 5.26 Å². The van der Waals surface area contributed by atoms with Crippen molar-refractivity contribution in [3.8, 4) is 6.07 Å². The van der Waals surface area contributed by atoms with E-state index >= 15 is 0 Å². The van der Waals surface area contributed by atoms with E-state index in [-0.39, 0.29) is 0 Å². The van der Waals surface area contributed by atoms with E-state index in [0.29, 0.717) is 6.42 Å². The summed E-state index contributed by atoms with van der Waals surface area (Å²) in [5.74, 6) is 0. The van der Waals surface area contributed by atoms with Gasteiger partial charge in [0.05, 0.1) is 12.5 Å². The summed E-state index contributed by atoms with van der Waals surface area (Å²) in [6.07, 6.45) is 2.37. The Kier molecular flexibility index (Phi) is 2.34. The minimum absolute atomic E-state index is 0.455. The van der Waals surface area contributed by atoms with Gasteiger partial charge in [-0.25, -0.2) is 0 Å². The summed E-state index contributed by atoms with van der Waals surface area (Å²) in [5, 5.41) is 9.84. The fourth-order valence-electron chi connectivity index (χ4n) is 1.68. The van der Waals surface area contributed by atoms with Gasteiger partial charge in [0.15, 0.2) is 0 Å². The van der Waals surface area contributed by atoms with Gasteiger partial charge in [0, 0.05) is 36.9 Å². The summed E-state index contributed by atoms with van der Waals surface area (Å²) in [6.45, 7) is 0. The van der Waals surface area contributed by atoms with Crippen molar-refractivity contribution in [3.63, 3.8) is 0 Å². The number of hydrogen-bond donors (Lipinski definition) is 1. The Labute approximate surface area is 88.9 Å². The molecule has 0 saturated carbocycles. The van der Waals surface area contributed by atoms with Crippen LogP contribution in [0.2, 0.25) is 0 Å². The molecule has 0 aliphatic rings. The predicted molar refractivity (Wildman–Crippen MR) is 61.9 cm³/mol. The monoisotopic (exact) mass is 199 g/mol. The van der Waals surface area contributed by atoms with Crippen LogP contribution in [0, 0.1) is 11.3 Å². The molecule has 2 rings (SSSR count). The zero-order valence-corrected chi connectivity index (χ0v) is 8.91. The minimum Gasteiger partial charge on any atom is -0.378 e. The van der Waals surface area contributed by atoms with Gasteiger partial charge < -0.3 is 9.88 Å². The van der Waals surface area contributed by atoms with Crippen molar-refractivity contribution in [2.75, 3.05) is 19.0 Å². The van der Waals surface area contributed by atoms with Crippen LogP contribution in [0.1, 0.15) is 5.56 Å². The highest BCUT2D eigenvalue weighted by Gasteiger charge is 2.04. The van der Waals surface area contributed by atoms with Gasteiger partial charge in [-0.15, -0.1) is 0 Å². The van der Waals surface area contributed by atoms with Gasteiger partial charge in [-0.05, 0) is 23.8 Å². The first kappa shape index (κ1) is 9.60. The molecule has 0 fully saturated rings. The van der Waals surface area contributed by atoms with E-state index < -0.39 is 0 Å². The molecule has 0 bridgehead atoms. The molecular formula is C12H13N3. The molecule has 1 heterocycles. The second-order valence-electron chi connectivity index (χ2n) is 3.77. The van der Waals surface area contributed by atoms with Gasteiger partial charge in [-0.3, -0.25) is 0 Å². The van der Waals surface area contributed by atoms with Crippen molar-refractivity contribution >= 4 is 16.6 Å². The summed E-state index contributed by atoms with van der Waals surface area (Å²) in [4.78, 5) is 5.23. The summed E-state index contributed by atoms with van der Waals surface area (Å²) in [7, 11) is 4.02. The van der Waals surface area contributed by atoms with E-state index in [0.717, 1.165) is 22.2 Å². The second-order valence-corrected chi connectivity index (χ2v) is 3.77. The molecule has 0 amide bonds. The number of fused-ring (bicyclic) bond motifs is 1. The lowest BCUT2D eigenvalue weighted by molar-refractivity contribution is 1.13. The average molecular weight is 199 g/mol. The van der Waals surface area contributed by atoms with E-state index in [4.69, 9.17) is 5.26 Å². The number of H-pyrrole nitrogens is 1. The molecule has 0 aliphatic carbocycles. The third-order valence-electron chi connectivity index (χ3n) is 2.54. The van der Waals surface area contributed by atoms with Crippen molar-refractivity contribution in [3.05, 3.63) is 30.0 Å². The van der Waals surface area contributed by atoms with E-state index in [9.17, 15) is 0 Å². The Bertz CT molecular complexity index is 517. The Hall–Kier alpha value is -1.95. The van der Waals surface area contributed by atoms with Gasteiger partial charge in [0.25, 0.3) is 0 Å². The van der Waals surface area contributed by atoms with Crippen molar-refractivity contribution in [1.82, 2.24) is 4.98 Å². The lowest BCUT2D eigenvalue weighted by Crippen LogP contribution is -2.08. The molecule has 2 aromatic rings. The van der Waals surface area contributed by atoms with Crippen LogP contribution in [0.15, 0.2) is 24.4 Å². The number of nitrogens with zero attached hydrogens (tertiary/aromatic N) is 2. The lowest BCUT2D eigenvalue weighted by Gasteiger charge is -2.12. The molecule has 0 unspecified atom stereocenters. The van der Waals surface area contributed by atoms with Gasteiger partial charge in [0.1, 0.15) is 0 Å². The molecule has 0 aliphatic heterocycles. The Morgan fingerprint density at radius 3 is 2.87 bits per heavy atom. The topological polar surface area (TPSA) is 42.8 Å². The zero-order chi connectivity index (χ0) is 10.8. The van der Waals surface area contributed by atoms with Gasteiger partial charge in [-0.1, -0.05) is 0 Å². The number of anilines is 1. The quantitative estimate of drug-likeness (QED) is 0.806. The second kappa shape index (κ2) is 3.66. The molecule has 1 aromatic carbocycles. The maximum atomic E-state index is 8.70. The third-order valence-corrected chi connectivity index (χ3v) is 2.54. The highest BCUT2D eigenvalue weighted by Crippen LogP contribution is 2.23. The molecule has 0 atom stereocenters. The molecular weight excluding hydrogens is 186 g/mol. The predicted octanol–water partition coefficient (Wildman–Crippen LogP) is 2.30. The molecule has 1 aromatic heterocycles. The SMILES string of the molecule is CN(C)c1ccc2[nH]cc(CC#N)c2c1. The highest BCUT2D eigenvalue weighted by molar-refractivity contribution is 5.86. The standard InChI is InChI=1S/C12H13N3/c1-15(2)10-3-4-12-11(7-10)9(5-6-13)8-14-12/h3-4,7-8,14H,5H2,1-2H3. The number of hydrogen-bond acceptors (Lipinski definition) is 2. The number of benzene rings is 1. The van der Waals surface area contributed by atoms with Crippen LogP contribution < -0.4 is 4.90 Å². The summed E-state index contributed by atoms with van der Waals surface area (Å²) in [5.41, 5.74) is 3.31. The van der Waals surface area contributed by atoms with Crippen LogP contribution in [0.4, 0.5) is 5.69 Å². The number of nitrogens with one attached hydrogen (secondary N) is 1. The van der Waals surface area contributed by atoms with Crippen LogP contribution in [0.3, 0.4) is 0 Å². The molecule has 1 N–H and O–H groups in total. The highest BCUT2D eigenvalue weighted by atomic mass is 15.1. The van der Waals surface area contributed by atoms with Crippen molar-refractivity contribution in [2.24, 2.45) is 0 Å². The number of rotatable bonds is 2. The van der Waals surface area contributed by atoms with E-state index in [1.165, 1.54) is 0 Å². The average Bonchev–Trinajstić information content (AvgIpc) is 2.61. The molecule has 76 valence electrons. The van der Waals surface area contributed by atoms with Crippen LogP contribution in [-0.4, -0.2) is 19.1 Å². The molecule has 0 radical (unpaired) electrons. The molecule has 0 spiro atoms. The first-order valence-corrected chi connectivity index (χ1v) is 4.86. The largest absolute Gasteiger partial charge is 0.378 e. The fraction of sp³-hybridized carbons (Fsp3) is 0.250.